The topological polar surface area (TPSA) is 26.3 Å². The molecule has 0 aromatic heterocycles. The number of aldehydes is 1. The molecule has 2 nitrogen and oxygen atoms in total. The Hall–Kier alpha value is -2.35. The second-order valence-electron chi connectivity index (χ2n) is 7.59. The zero-order valence-electron chi connectivity index (χ0n) is 15.6. The Morgan fingerprint density at radius 3 is 2.56 bits per heavy atom. The van der Waals surface area contributed by atoms with E-state index in [-0.39, 0.29) is 5.41 Å². The van der Waals surface area contributed by atoms with E-state index in [4.69, 9.17) is 4.74 Å². The van der Waals surface area contributed by atoms with Crippen molar-refractivity contribution in [3.63, 3.8) is 0 Å². The predicted octanol–water partition coefficient (Wildman–Crippen LogP) is 6.20. The fourth-order valence-corrected chi connectivity index (χ4v) is 3.89. The van der Waals surface area contributed by atoms with Gasteiger partial charge in [-0.3, -0.25) is 4.79 Å². The van der Waals surface area contributed by atoms with Crippen LogP contribution < -0.4 is 4.74 Å². The highest BCUT2D eigenvalue weighted by molar-refractivity contribution is 5.94. The van der Waals surface area contributed by atoms with Crippen LogP contribution in [0.15, 0.2) is 47.6 Å². The molecule has 0 saturated heterocycles. The van der Waals surface area contributed by atoms with Gasteiger partial charge in [-0.2, -0.15) is 0 Å². The first-order chi connectivity index (χ1) is 11.9. The van der Waals surface area contributed by atoms with E-state index >= 15 is 0 Å². The minimum absolute atomic E-state index is 0.242. The quantitative estimate of drug-likeness (QED) is 0.622. The van der Waals surface area contributed by atoms with Crippen LogP contribution >= 0.6 is 0 Å². The fraction of sp³-hybridized carbons (Fsp3) is 0.348. The molecule has 0 saturated carbocycles. The zero-order chi connectivity index (χ0) is 18.0. The summed E-state index contributed by atoms with van der Waals surface area (Å²) in [5.41, 5.74) is 4.99. The maximum atomic E-state index is 11.1. The first kappa shape index (κ1) is 17.5. The molecule has 0 amide bonds. The van der Waals surface area contributed by atoms with Crippen molar-refractivity contribution in [2.75, 3.05) is 7.11 Å². The molecule has 1 aliphatic rings. The minimum Gasteiger partial charge on any atom is -0.496 e. The van der Waals surface area contributed by atoms with Gasteiger partial charge in [-0.15, -0.1) is 0 Å². The third kappa shape index (κ3) is 3.53. The monoisotopic (exact) mass is 334 g/mol. The van der Waals surface area contributed by atoms with E-state index in [1.807, 2.05) is 6.07 Å². The maximum Gasteiger partial charge on any atom is 0.150 e. The lowest BCUT2D eigenvalue weighted by molar-refractivity contribution is 0.112. The maximum absolute atomic E-state index is 11.1. The molecule has 2 aromatic carbocycles. The lowest BCUT2D eigenvalue weighted by Crippen LogP contribution is -2.18. The Morgan fingerprint density at radius 2 is 1.88 bits per heavy atom. The average molecular weight is 334 g/mol. The number of rotatable bonds is 4. The molecule has 2 aromatic rings. The molecule has 1 aliphatic carbocycles. The SMILES string of the molecule is COc1cc(C=O)cc2ccc(C=CC3=C(C)CCCC3(C)C)cc12. The van der Waals surface area contributed by atoms with Crippen LogP contribution in [0.5, 0.6) is 5.75 Å². The van der Waals surface area contributed by atoms with Crippen molar-refractivity contribution < 1.29 is 9.53 Å². The van der Waals surface area contributed by atoms with Gasteiger partial charge in [0.15, 0.2) is 0 Å². The van der Waals surface area contributed by atoms with E-state index in [2.05, 4.69) is 51.1 Å². The van der Waals surface area contributed by atoms with Crippen molar-refractivity contribution >= 4 is 23.1 Å². The number of ether oxygens (including phenoxy) is 1. The molecule has 130 valence electrons. The van der Waals surface area contributed by atoms with Crippen LogP contribution in [0.1, 0.15) is 56.0 Å². The van der Waals surface area contributed by atoms with E-state index in [1.165, 1.54) is 30.4 Å². The molecule has 0 N–H and O–H groups in total. The third-order valence-electron chi connectivity index (χ3n) is 5.30. The summed E-state index contributed by atoms with van der Waals surface area (Å²) >= 11 is 0. The summed E-state index contributed by atoms with van der Waals surface area (Å²) in [5, 5.41) is 2.05. The van der Waals surface area contributed by atoms with E-state index in [0.29, 0.717) is 5.56 Å². The van der Waals surface area contributed by atoms with Crippen molar-refractivity contribution in [1.29, 1.82) is 0 Å². The standard InChI is InChI=1S/C23H26O2/c1-16-6-5-11-23(2,3)21(16)10-8-17-7-9-19-12-18(15-24)14-22(25-4)20(19)13-17/h7-10,12-15H,5-6,11H2,1-4H3. The summed E-state index contributed by atoms with van der Waals surface area (Å²) in [5.74, 6) is 0.739. The van der Waals surface area contributed by atoms with Crippen LogP contribution in [0, 0.1) is 5.41 Å². The second kappa shape index (κ2) is 6.87. The number of benzene rings is 2. The minimum atomic E-state index is 0.242. The summed E-state index contributed by atoms with van der Waals surface area (Å²) in [6.07, 6.45) is 9.05. The first-order valence-electron chi connectivity index (χ1n) is 8.90. The number of fused-ring (bicyclic) bond motifs is 1. The van der Waals surface area contributed by atoms with Crippen molar-refractivity contribution in [2.24, 2.45) is 5.41 Å². The largest absolute Gasteiger partial charge is 0.496 e. The highest BCUT2D eigenvalue weighted by atomic mass is 16.5. The molecule has 0 fully saturated rings. The van der Waals surface area contributed by atoms with Gasteiger partial charge >= 0.3 is 0 Å². The molecule has 0 aliphatic heterocycles. The van der Waals surface area contributed by atoms with Gasteiger partial charge in [0, 0.05) is 10.9 Å². The average Bonchev–Trinajstić information content (AvgIpc) is 2.59. The molecule has 0 heterocycles. The summed E-state index contributed by atoms with van der Waals surface area (Å²) in [4.78, 5) is 11.1. The van der Waals surface area contributed by atoms with Gasteiger partial charge < -0.3 is 4.74 Å². The van der Waals surface area contributed by atoms with Crippen LogP contribution in [-0.4, -0.2) is 13.4 Å². The number of hydrogen-bond acceptors (Lipinski definition) is 2. The van der Waals surface area contributed by atoms with Gasteiger partial charge in [-0.25, -0.2) is 0 Å². The molecule has 2 heteroatoms. The van der Waals surface area contributed by atoms with Crippen LogP contribution in [0.2, 0.25) is 0 Å². The normalized spacial score (nSPS) is 17.3. The highest BCUT2D eigenvalue weighted by Gasteiger charge is 2.26. The Labute approximate surface area is 150 Å². The van der Waals surface area contributed by atoms with Crippen LogP contribution in [0.3, 0.4) is 0 Å². The van der Waals surface area contributed by atoms with Crippen LogP contribution in [-0.2, 0) is 0 Å². The Kier molecular flexibility index (Phi) is 4.80. The van der Waals surface area contributed by atoms with Crippen molar-refractivity contribution in [3.8, 4) is 5.75 Å². The number of carbonyl (C=O) groups is 1. The van der Waals surface area contributed by atoms with E-state index in [0.717, 1.165) is 28.4 Å². The number of allylic oxidation sites excluding steroid dienone is 3. The summed E-state index contributed by atoms with van der Waals surface area (Å²) in [7, 11) is 1.64. The molecule has 25 heavy (non-hydrogen) atoms. The Balaban J connectivity index is 2.01. The molecule has 0 atom stereocenters. The lowest BCUT2D eigenvalue weighted by atomic mass is 9.72. The number of methoxy groups -OCH3 is 1. The van der Waals surface area contributed by atoms with Crippen molar-refractivity contribution in [2.45, 2.75) is 40.0 Å². The van der Waals surface area contributed by atoms with Gasteiger partial charge in [0.1, 0.15) is 12.0 Å². The third-order valence-corrected chi connectivity index (χ3v) is 5.30. The smallest absolute Gasteiger partial charge is 0.150 e. The van der Waals surface area contributed by atoms with Gasteiger partial charge in [0.25, 0.3) is 0 Å². The van der Waals surface area contributed by atoms with E-state index < -0.39 is 0 Å². The predicted molar refractivity (Wildman–Crippen MR) is 105 cm³/mol. The number of carbonyl (C=O) groups excluding carboxylic acids is 1. The summed E-state index contributed by atoms with van der Waals surface area (Å²) in [6, 6.07) is 9.97. The summed E-state index contributed by atoms with van der Waals surface area (Å²) < 4.78 is 5.48. The van der Waals surface area contributed by atoms with E-state index in [1.54, 1.807) is 13.2 Å². The van der Waals surface area contributed by atoms with Gasteiger partial charge in [0.2, 0.25) is 0 Å². The van der Waals surface area contributed by atoms with Crippen LogP contribution in [0.4, 0.5) is 0 Å². The first-order valence-corrected chi connectivity index (χ1v) is 8.90. The molecule has 0 bridgehead atoms. The highest BCUT2D eigenvalue weighted by Crippen LogP contribution is 2.41. The number of hydrogen-bond donors (Lipinski definition) is 0. The molecule has 0 unspecified atom stereocenters. The van der Waals surface area contributed by atoms with Crippen molar-refractivity contribution in [3.05, 3.63) is 58.7 Å². The van der Waals surface area contributed by atoms with Crippen molar-refractivity contribution in [1.82, 2.24) is 0 Å². The molecule has 3 rings (SSSR count). The Bertz CT molecular complexity index is 869. The summed E-state index contributed by atoms with van der Waals surface area (Å²) in [6.45, 7) is 6.92. The Morgan fingerprint density at radius 1 is 1.08 bits per heavy atom. The molecule has 0 radical (unpaired) electrons. The second-order valence-corrected chi connectivity index (χ2v) is 7.59. The van der Waals surface area contributed by atoms with E-state index in [9.17, 15) is 4.79 Å². The van der Waals surface area contributed by atoms with Crippen LogP contribution in [0.25, 0.3) is 16.8 Å². The zero-order valence-corrected chi connectivity index (χ0v) is 15.6. The lowest BCUT2D eigenvalue weighted by Gasteiger charge is -2.32. The molecular weight excluding hydrogens is 308 g/mol. The molecule has 0 spiro atoms. The fourth-order valence-electron chi connectivity index (χ4n) is 3.89. The van der Waals surface area contributed by atoms with Gasteiger partial charge in [-0.1, -0.05) is 43.7 Å². The van der Waals surface area contributed by atoms with Gasteiger partial charge in [-0.05, 0) is 66.3 Å². The molecular formula is C23H26O2. The van der Waals surface area contributed by atoms with Gasteiger partial charge in [0.05, 0.1) is 7.11 Å².